The molecule has 1 aromatic carbocycles. The van der Waals surface area contributed by atoms with Crippen molar-refractivity contribution in [2.75, 3.05) is 31.1 Å². The van der Waals surface area contributed by atoms with Gasteiger partial charge in [-0.3, -0.25) is 4.79 Å². The quantitative estimate of drug-likeness (QED) is 0.890. The molecule has 0 radical (unpaired) electrons. The van der Waals surface area contributed by atoms with Crippen molar-refractivity contribution in [3.63, 3.8) is 0 Å². The van der Waals surface area contributed by atoms with Gasteiger partial charge in [0.15, 0.2) is 0 Å². The molecule has 0 spiro atoms. The Balaban J connectivity index is 0.00000176. The number of nitrogens with one attached hydrogen (secondary N) is 2. The van der Waals surface area contributed by atoms with Crippen LogP contribution in [-0.4, -0.2) is 38.1 Å². The van der Waals surface area contributed by atoms with Gasteiger partial charge in [-0.25, -0.2) is 0 Å². The second kappa shape index (κ2) is 7.84. The van der Waals surface area contributed by atoms with Crippen LogP contribution in [0, 0.1) is 5.92 Å². The van der Waals surface area contributed by atoms with E-state index in [1.165, 1.54) is 11.3 Å². The number of anilines is 1. The molecule has 1 fully saturated rings. The molecule has 122 valence electrons. The van der Waals surface area contributed by atoms with Gasteiger partial charge in [0, 0.05) is 30.7 Å². The van der Waals surface area contributed by atoms with E-state index in [2.05, 4.69) is 46.7 Å². The molecule has 0 bridgehead atoms. The molecule has 2 N–H and O–H groups in total. The summed E-state index contributed by atoms with van der Waals surface area (Å²) in [6.45, 7) is 5.92. The molecule has 3 rings (SSSR count). The van der Waals surface area contributed by atoms with Gasteiger partial charge in [-0.1, -0.05) is 18.2 Å². The van der Waals surface area contributed by atoms with Crippen molar-refractivity contribution >= 4 is 24.0 Å². The number of hydrogen-bond donors (Lipinski definition) is 2. The van der Waals surface area contributed by atoms with E-state index in [0.717, 1.165) is 45.4 Å². The number of nitrogens with zero attached hydrogens (tertiary/aromatic N) is 1. The molecule has 22 heavy (non-hydrogen) atoms. The molecule has 5 heteroatoms. The summed E-state index contributed by atoms with van der Waals surface area (Å²) < 4.78 is 0. The molecule has 1 amide bonds. The Morgan fingerprint density at radius 1 is 1.36 bits per heavy atom. The van der Waals surface area contributed by atoms with Crippen molar-refractivity contribution in [2.24, 2.45) is 5.92 Å². The second-order valence-corrected chi connectivity index (χ2v) is 6.19. The lowest BCUT2D eigenvalue weighted by atomic mass is 9.97. The molecule has 0 aliphatic carbocycles. The minimum Gasteiger partial charge on any atom is -0.366 e. The second-order valence-electron chi connectivity index (χ2n) is 6.19. The third-order valence-electron chi connectivity index (χ3n) is 4.74. The van der Waals surface area contributed by atoms with Gasteiger partial charge >= 0.3 is 0 Å². The van der Waals surface area contributed by atoms with Crippen molar-refractivity contribution < 1.29 is 4.79 Å². The van der Waals surface area contributed by atoms with Crippen molar-refractivity contribution in [2.45, 2.75) is 32.2 Å². The number of fused-ring (bicyclic) bond motifs is 1. The van der Waals surface area contributed by atoms with Crippen LogP contribution in [0.2, 0.25) is 0 Å². The van der Waals surface area contributed by atoms with Crippen molar-refractivity contribution in [3.05, 3.63) is 29.8 Å². The summed E-state index contributed by atoms with van der Waals surface area (Å²) in [6, 6.07) is 8.94. The highest BCUT2D eigenvalue weighted by atomic mass is 35.5. The first-order valence-electron chi connectivity index (χ1n) is 8.08. The minimum absolute atomic E-state index is 0. The third kappa shape index (κ3) is 3.73. The number of carbonyl (C=O) groups is 1. The monoisotopic (exact) mass is 323 g/mol. The maximum atomic E-state index is 12.2. The summed E-state index contributed by atoms with van der Waals surface area (Å²) in [6.07, 6.45) is 3.04. The van der Waals surface area contributed by atoms with Crippen LogP contribution in [0.1, 0.15) is 25.3 Å². The van der Waals surface area contributed by atoms with Crippen LogP contribution in [0.3, 0.4) is 0 Å². The van der Waals surface area contributed by atoms with E-state index in [4.69, 9.17) is 0 Å². The molecular formula is C17H26ClN3O. The number of benzene rings is 1. The number of amides is 1. The van der Waals surface area contributed by atoms with Gasteiger partial charge in [-0.15, -0.1) is 12.4 Å². The zero-order valence-electron chi connectivity index (χ0n) is 13.2. The molecular weight excluding hydrogens is 298 g/mol. The molecule has 0 aromatic heterocycles. The van der Waals surface area contributed by atoms with E-state index in [1.807, 2.05) is 0 Å². The first-order chi connectivity index (χ1) is 10.3. The predicted octanol–water partition coefficient (Wildman–Crippen LogP) is 1.98. The van der Waals surface area contributed by atoms with Crippen LogP contribution < -0.4 is 15.5 Å². The molecule has 1 atom stereocenters. The SMILES string of the molecule is CC(CNC(=O)C1CCNCC1)N1CCc2ccccc21.Cl. The van der Waals surface area contributed by atoms with E-state index >= 15 is 0 Å². The number of para-hydroxylation sites is 1. The minimum atomic E-state index is 0. The number of carbonyl (C=O) groups excluding carboxylic acids is 1. The highest BCUT2D eigenvalue weighted by Crippen LogP contribution is 2.28. The van der Waals surface area contributed by atoms with Crippen LogP contribution in [0.15, 0.2) is 24.3 Å². The first-order valence-corrected chi connectivity index (χ1v) is 8.08. The van der Waals surface area contributed by atoms with Gasteiger partial charge in [0.05, 0.1) is 0 Å². The molecule has 2 heterocycles. The first kappa shape index (κ1) is 17.1. The highest BCUT2D eigenvalue weighted by molar-refractivity contribution is 5.85. The fraction of sp³-hybridized carbons (Fsp3) is 0.588. The van der Waals surface area contributed by atoms with E-state index in [1.54, 1.807) is 0 Å². The Bertz CT molecular complexity index is 502. The van der Waals surface area contributed by atoms with E-state index < -0.39 is 0 Å². The molecule has 2 aliphatic heterocycles. The maximum absolute atomic E-state index is 12.2. The van der Waals surface area contributed by atoms with Gasteiger partial charge in [0.25, 0.3) is 0 Å². The number of hydrogen-bond acceptors (Lipinski definition) is 3. The van der Waals surface area contributed by atoms with Gasteiger partial charge < -0.3 is 15.5 Å². The smallest absolute Gasteiger partial charge is 0.223 e. The molecule has 1 saturated heterocycles. The summed E-state index contributed by atoms with van der Waals surface area (Å²) in [5, 5.41) is 6.45. The Labute approximate surface area is 139 Å². The van der Waals surface area contributed by atoms with Crippen LogP contribution in [0.5, 0.6) is 0 Å². The molecule has 4 nitrogen and oxygen atoms in total. The molecule has 1 aromatic rings. The van der Waals surface area contributed by atoms with Crippen LogP contribution >= 0.6 is 12.4 Å². The summed E-state index contributed by atoms with van der Waals surface area (Å²) in [4.78, 5) is 14.6. The van der Waals surface area contributed by atoms with Crippen molar-refractivity contribution in [3.8, 4) is 0 Å². The third-order valence-corrected chi connectivity index (χ3v) is 4.74. The fourth-order valence-electron chi connectivity index (χ4n) is 3.41. The Kier molecular flexibility index (Phi) is 6.09. The lowest BCUT2D eigenvalue weighted by Crippen LogP contribution is -2.45. The Morgan fingerprint density at radius 2 is 2.09 bits per heavy atom. The standard InChI is InChI=1S/C17H25N3O.ClH/c1-13(12-19-17(21)15-6-9-18-10-7-15)20-11-8-14-4-2-3-5-16(14)20;/h2-5,13,15,18H,6-12H2,1H3,(H,19,21);1H. The lowest BCUT2D eigenvalue weighted by Gasteiger charge is -2.29. The lowest BCUT2D eigenvalue weighted by molar-refractivity contribution is -0.125. The Hall–Kier alpha value is -1.26. The average molecular weight is 324 g/mol. The van der Waals surface area contributed by atoms with Gasteiger partial charge in [0.2, 0.25) is 5.91 Å². The van der Waals surface area contributed by atoms with Crippen molar-refractivity contribution in [1.82, 2.24) is 10.6 Å². The summed E-state index contributed by atoms with van der Waals surface area (Å²) >= 11 is 0. The highest BCUT2D eigenvalue weighted by Gasteiger charge is 2.25. The molecule has 2 aliphatic rings. The van der Waals surface area contributed by atoms with Crippen LogP contribution in [0.4, 0.5) is 5.69 Å². The number of rotatable bonds is 4. The number of piperidine rings is 1. The number of halogens is 1. The normalized spacial score (nSPS) is 19.2. The van der Waals surface area contributed by atoms with Gasteiger partial charge in [0.1, 0.15) is 0 Å². The van der Waals surface area contributed by atoms with Gasteiger partial charge in [-0.05, 0) is 50.9 Å². The zero-order valence-corrected chi connectivity index (χ0v) is 14.0. The Morgan fingerprint density at radius 3 is 2.86 bits per heavy atom. The van der Waals surface area contributed by atoms with Gasteiger partial charge in [-0.2, -0.15) is 0 Å². The maximum Gasteiger partial charge on any atom is 0.223 e. The summed E-state index contributed by atoms with van der Waals surface area (Å²) in [5.41, 5.74) is 2.76. The van der Waals surface area contributed by atoms with E-state index in [0.29, 0.717) is 6.04 Å². The summed E-state index contributed by atoms with van der Waals surface area (Å²) in [5.74, 6) is 0.431. The topological polar surface area (TPSA) is 44.4 Å². The van der Waals surface area contributed by atoms with Crippen molar-refractivity contribution in [1.29, 1.82) is 0 Å². The largest absolute Gasteiger partial charge is 0.366 e. The van der Waals surface area contributed by atoms with E-state index in [-0.39, 0.29) is 24.2 Å². The predicted molar refractivity (Wildman–Crippen MR) is 92.8 cm³/mol. The fourth-order valence-corrected chi connectivity index (χ4v) is 3.41. The average Bonchev–Trinajstić information content (AvgIpc) is 2.97. The zero-order chi connectivity index (χ0) is 14.7. The molecule has 0 saturated carbocycles. The molecule has 1 unspecified atom stereocenters. The summed E-state index contributed by atoms with van der Waals surface area (Å²) in [7, 11) is 0. The van der Waals surface area contributed by atoms with Crippen LogP contribution in [-0.2, 0) is 11.2 Å². The van der Waals surface area contributed by atoms with E-state index in [9.17, 15) is 4.79 Å². The van der Waals surface area contributed by atoms with Crippen LogP contribution in [0.25, 0.3) is 0 Å².